The second-order valence-electron chi connectivity index (χ2n) is 5.65. The molecule has 2 N–H and O–H groups in total. The third-order valence-electron chi connectivity index (χ3n) is 3.65. The van der Waals surface area contributed by atoms with Gasteiger partial charge in [-0.3, -0.25) is 0 Å². The van der Waals surface area contributed by atoms with E-state index in [1.807, 2.05) is 19.9 Å². The van der Waals surface area contributed by atoms with Gasteiger partial charge in [0.15, 0.2) is 0 Å². The molecular weight excluding hydrogens is 242 g/mol. The van der Waals surface area contributed by atoms with Gasteiger partial charge in [-0.25, -0.2) is 0 Å². The lowest BCUT2D eigenvalue weighted by atomic mass is 9.96. The fourth-order valence-electron chi connectivity index (χ4n) is 2.65. The molecule has 0 amide bonds. The van der Waals surface area contributed by atoms with E-state index < -0.39 is 0 Å². The van der Waals surface area contributed by atoms with E-state index in [0.717, 1.165) is 50.1 Å². The van der Waals surface area contributed by atoms with E-state index in [2.05, 4.69) is 15.4 Å². The van der Waals surface area contributed by atoms with Crippen LogP contribution in [0.15, 0.2) is 10.6 Å². The van der Waals surface area contributed by atoms with E-state index >= 15 is 0 Å². The molecule has 5 heteroatoms. The zero-order valence-corrected chi connectivity index (χ0v) is 11.9. The zero-order valence-electron chi connectivity index (χ0n) is 11.9. The standard InChI is InChI=1S/C14H25N3O2/c1-11(18)10-17-5-3-13(4-6-17)8-15-9-14-7-12(2)19-16-14/h7,11,13,15,18H,3-6,8-10H2,1-2H3/t11-/m0/s1. The minimum Gasteiger partial charge on any atom is -0.392 e. The Bertz CT molecular complexity index is 371. The number of nitrogens with zero attached hydrogens (tertiary/aromatic N) is 2. The maximum absolute atomic E-state index is 9.37. The fourth-order valence-corrected chi connectivity index (χ4v) is 2.65. The van der Waals surface area contributed by atoms with Crippen LogP contribution in [0.5, 0.6) is 0 Å². The number of hydrogen-bond donors (Lipinski definition) is 2. The van der Waals surface area contributed by atoms with Crippen molar-refractivity contribution in [3.05, 3.63) is 17.5 Å². The van der Waals surface area contributed by atoms with Crippen molar-refractivity contribution in [2.45, 2.75) is 39.3 Å². The minimum atomic E-state index is -0.218. The second kappa shape index (κ2) is 7.03. The second-order valence-corrected chi connectivity index (χ2v) is 5.65. The van der Waals surface area contributed by atoms with Gasteiger partial charge < -0.3 is 19.8 Å². The van der Waals surface area contributed by atoms with Crippen molar-refractivity contribution in [1.29, 1.82) is 0 Å². The summed E-state index contributed by atoms with van der Waals surface area (Å²) in [5.41, 5.74) is 0.976. The normalized spacial score (nSPS) is 19.7. The van der Waals surface area contributed by atoms with Crippen molar-refractivity contribution in [2.24, 2.45) is 5.92 Å². The molecule has 0 aromatic carbocycles. The number of hydrogen-bond acceptors (Lipinski definition) is 5. The number of β-amino-alcohol motifs (C(OH)–C–C–N with tert-alkyl or cyclic N) is 1. The lowest BCUT2D eigenvalue weighted by molar-refractivity contribution is 0.0997. The van der Waals surface area contributed by atoms with E-state index in [4.69, 9.17) is 4.52 Å². The zero-order chi connectivity index (χ0) is 13.7. The van der Waals surface area contributed by atoms with Crippen LogP contribution in [0.4, 0.5) is 0 Å². The van der Waals surface area contributed by atoms with Crippen molar-refractivity contribution in [1.82, 2.24) is 15.4 Å². The van der Waals surface area contributed by atoms with Gasteiger partial charge in [-0.15, -0.1) is 0 Å². The third-order valence-corrected chi connectivity index (χ3v) is 3.65. The van der Waals surface area contributed by atoms with Crippen LogP contribution in [0.25, 0.3) is 0 Å². The van der Waals surface area contributed by atoms with Gasteiger partial charge in [-0.1, -0.05) is 5.16 Å². The molecule has 1 saturated heterocycles. The Labute approximate surface area is 115 Å². The van der Waals surface area contributed by atoms with E-state index in [1.54, 1.807) is 0 Å². The van der Waals surface area contributed by atoms with Crippen LogP contribution in [-0.2, 0) is 6.54 Å². The summed E-state index contributed by atoms with van der Waals surface area (Å²) in [6, 6.07) is 1.97. The molecule has 1 atom stereocenters. The molecule has 1 fully saturated rings. The average molecular weight is 267 g/mol. The molecule has 1 aromatic heterocycles. The number of aromatic nitrogens is 1. The van der Waals surface area contributed by atoms with Crippen molar-refractivity contribution >= 4 is 0 Å². The van der Waals surface area contributed by atoms with Gasteiger partial charge in [-0.2, -0.15) is 0 Å². The molecule has 1 aliphatic rings. The van der Waals surface area contributed by atoms with Crippen LogP contribution in [-0.4, -0.2) is 47.4 Å². The Morgan fingerprint density at radius 1 is 1.53 bits per heavy atom. The first-order chi connectivity index (χ1) is 9.13. The number of rotatable bonds is 6. The molecule has 0 saturated carbocycles. The molecule has 108 valence electrons. The molecule has 1 aliphatic heterocycles. The number of aliphatic hydroxyl groups is 1. The Morgan fingerprint density at radius 3 is 2.84 bits per heavy atom. The molecule has 0 spiro atoms. The van der Waals surface area contributed by atoms with Crippen LogP contribution in [0, 0.1) is 12.8 Å². The Morgan fingerprint density at radius 2 is 2.26 bits per heavy atom. The van der Waals surface area contributed by atoms with Gasteiger partial charge in [0.25, 0.3) is 0 Å². The summed E-state index contributed by atoms with van der Waals surface area (Å²) < 4.78 is 5.04. The van der Waals surface area contributed by atoms with Gasteiger partial charge in [0.2, 0.25) is 0 Å². The third kappa shape index (κ3) is 4.93. The highest BCUT2D eigenvalue weighted by molar-refractivity contribution is 5.02. The van der Waals surface area contributed by atoms with E-state index in [1.165, 1.54) is 12.8 Å². The predicted octanol–water partition coefficient (Wildman–Crippen LogP) is 1.17. The van der Waals surface area contributed by atoms with Gasteiger partial charge in [-0.05, 0) is 52.2 Å². The maximum atomic E-state index is 9.37. The van der Waals surface area contributed by atoms with E-state index in [9.17, 15) is 5.11 Å². The first-order valence-corrected chi connectivity index (χ1v) is 7.17. The van der Waals surface area contributed by atoms with Crippen LogP contribution in [0.2, 0.25) is 0 Å². The SMILES string of the molecule is Cc1cc(CNCC2CCN(C[C@H](C)O)CC2)no1. The predicted molar refractivity (Wildman–Crippen MR) is 73.8 cm³/mol. The smallest absolute Gasteiger partial charge is 0.133 e. The first-order valence-electron chi connectivity index (χ1n) is 7.17. The van der Waals surface area contributed by atoms with Crippen LogP contribution in [0.3, 0.4) is 0 Å². The van der Waals surface area contributed by atoms with Crippen LogP contribution in [0.1, 0.15) is 31.2 Å². The summed E-state index contributed by atoms with van der Waals surface area (Å²) in [4.78, 5) is 2.35. The molecule has 1 aromatic rings. The van der Waals surface area contributed by atoms with E-state index in [-0.39, 0.29) is 6.10 Å². The Balaban J connectivity index is 1.60. The quantitative estimate of drug-likeness (QED) is 0.810. The molecular formula is C14H25N3O2. The van der Waals surface area contributed by atoms with E-state index in [0.29, 0.717) is 0 Å². The Kier molecular flexibility index (Phi) is 5.36. The highest BCUT2D eigenvalue weighted by Gasteiger charge is 2.19. The minimum absolute atomic E-state index is 0.218. The first kappa shape index (κ1) is 14.5. The summed E-state index contributed by atoms with van der Waals surface area (Å²) in [5, 5.41) is 16.8. The number of piperidine rings is 1. The molecule has 5 nitrogen and oxygen atoms in total. The molecule has 0 radical (unpaired) electrons. The topological polar surface area (TPSA) is 61.5 Å². The van der Waals surface area contributed by atoms with Crippen molar-refractivity contribution < 1.29 is 9.63 Å². The largest absolute Gasteiger partial charge is 0.392 e. The highest BCUT2D eigenvalue weighted by atomic mass is 16.5. The summed E-state index contributed by atoms with van der Waals surface area (Å²) in [5.74, 6) is 1.60. The fraction of sp³-hybridized carbons (Fsp3) is 0.786. The average Bonchev–Trinajstić information content (AvgIpc) is 2.77. The monoisotopic (exact) mass is 267 g/mol. The lowest BCUT2D eigenvalue weighted by Crippen LogP contribution is -2.40. The summed E-state index contributed by atoms with van der Waals surface area (Å²) in [6.45, 7) is 8.58. The molecule has 0 unspecified atom stereocenters. The summed E-state index contributed by atoms with van der Waals surface area (Å²) in [6.07, 6.45) is 2.19. The summed E-state index contributed by atoms with van der Waals surface area (Å²) >= 11 is 0. The van der Waals surface area contributed by atoms with Crippen molar-refractivity contribution in [2.75, 3.05) is 26.2 Å². The van der Waals surface area contributed by atoms with Crippen LogP contribution < -0.4 is 5.32 Å². The molecule has 2 rings (SSSR count). The van der Waals surface area contributed by atoms with Gasteiger partial charge in [0.05, 0.1) is 11.8 Å². The van der Waals surface area contributed by atoms with Crippen molar-refractivity contribution in [3.8, 4) is 0 Å². The number of nitrogens with one attached hydrogen (secondary N) is 1. The van der Waals surface area contributed by atoms with Gasteiger partial charge in [0, 0.05) is 19.2 Å². The lowest BCUT2D eigenvalue weighted by Gasteiger charge is -2.32. The molecule has 19 heavy (non-hydrogen) atoms. The van der Waals surface area contributed by atoms with Gasteiger partial charge in [0.1, 0.15) is 5.76 Å². The highest BCUT2D eigenvalue weighted by Crippen LogP contribution is 2.16. The van der Waals surface area contributed by atoms with Crippen molar-refractivity contribution in [3.63, 3.8) is 0 Å². The maximum Gasteiger partial charge on any atom is 0.133 e. The molecule has 0 bridgehead atoms. The number of aliphatic hydroxyl groups excluding tert-OH is 1. The Hall–Kier alpha value is -0.910. The molecule has 2 heterocycles. The van der Waals surface area contributed by atoms with Crippen LogP contribution >= 0.6 is 0 Å². The molecule has 0 aliphatic carbocycles. The van der Waals surface area contributed by atoms with Gasteiger partial charge >= 0.3 is 0 Å². The number of likely N-dealkylation sites (tertiary alicyclic amines) is 1. The summed E-state index contributed by atoms with van der Waals surface area (Å²) in [7, 11) is 0. The number of aryl methyl sites for hydroxylation is 1.